The Morgan fingerprint density at radius 2 is 1.86 bits per heavy atom. The number of benzene rings is 1. The topological polar surface area (TPSA) is 115 Å². The van der Waals surface area contributed by atoms with E-state index in [0.29, 0.717) is 45.0 Å². The second-order valence-electron chi connectivity index (χ2n) is 8.58. The number of amides is 2. The first-order valence-corrected chi connectivity index (χ1v) is 11.8. The fourth-order valence-electron chi connectivity index (χ4n) is 3.83. The number of hydrogen-bond acceptors (Lipinski definition) is 6. The number of carbonyl (C=O) groups excluding carboxylic acids is 3. The van der Waals surface area contributed by atoms with Gasteiger partial charge in [0, 0.05) is 42.6 Å². The summed E-state index contributed by atoms with van der Waals surface area (Å²) in [4.78, 5) is 39.2. The molecule has 0 radical (unpaired) electrons. The van der Waals surface area contributed by atoms with Crippen LogP contribution in [-0.2, 0) is 11.3 Å². The molecule has 3 heterocycles. The minimum atomic E-state index is -0.414. The van der Waals surface area contributed by atoms with Crippen LogP contribution in [0.4, 0.5) is 5.82 Å². The summed E-state index contributed by atoms with van der Waals surface area (Å²) in [6.07, 6.45) is 4.37. The molecule has 4 rings (SSSR count). The van der Waals surface area contributed by atoms with Crippen molar-refractivity contribution in [1.82, 2.24) is 29.4 Å². The second kappa shape index (κ2) is 10.3. The third-order valence-corrected chi connectivity index (χ3v) is 6.02. The summed E-state index contributed by atoms with van der Waals surface area (Å²) >= 11 is 6.18. The molecule has 1 N–H and O–H groups in total. The number of fused-ring (bicyclic) bond motifs is 1. The molecule has 3 aromatic heterocycles. The SMILES string of the molecule is CCCC(=O)c1cnn(-c2ccc(NC(=O)c3cn(CC(=O)N(C)C)c4ccc(Cl)cc34)nn2)c1C. The summed E-state index contributed by atoms with van der Waals surface area (Å²) in [6.45, 7) is 3.83. The first-order valence-electron chi connectivity index (χ1n) is 11.4. The van der Waals surface area contributed by atoms with Crippen LogP contribution in [0.3, 0.4) is 0 Å². The fourth-order valence-corrected chi connectivity index (χ4v) is 4.00. The molecule has 36 heavy (non-hydrogen) atoms. The van der Waals surface area contributed by atoms with Gasteiger partial charge in [0.05, 0.1) is 23.0 Å². The van der Waals surface area contributed by atoms with Gasteiger partial charge in [-0.15, -0.1) is 10.2 Å². The molecule has 0 aliphatic heterocycles. The molecule has 10 nitrogen and oxygen atoms in total. The predicted molar refractivity (Wildman–Crippen MR) is 137 cm³/mol. The predicted octanol–water partition coefficient (Wildman–Crippen LogP) is 3.90. The van der Waals surface area contributed by atoms with Crippen molar-refractivity contribution < 1.29 is 14.4 Å². The first kappa shape index (κ1) is 25.1. The van der Waals surface area contributed by atoms with E-state index in [1.807, 2.05) is 6.92 Å². The highest BCUT2D eigenvalue weighted by Gasteiger charge is 2.19. The molecule has 11 heteroatoms. The third kappa shape index (κ3) is 4.99. The van der Waals surface area contributed by atoms with Crippen molar-refractivity contribution in [2.75, 3.05) is 19.4 Å². The lowest BCUT2D eigenvalue weighted by atomic mass is 10.1. The number of halogens is 1. The standard InChI is InChI=1S/C25H26ClN7O3/c1-5-6-21(34)18-12-27-33(15(18)2)23-10-9-22(29-30-23)28-25(36)19-13-32(14-24(35)31(3)4)20-8-7-16(26)11-17(19)20/h7-13H,5-6,14H2,1-4H3,(H,28,29,36). The Kier molecular flexibility index (Phi) is 7.16. The van der Waals surface area contributed by atoms with Crippen LogP contribution in [0.2, 0.25) is 5.02 Å². The Bertz CT molecular complexity index is 1450. The Hall–Kier alpha value is -4.05. The van der Waals surface area contributed by atoms with E-state index in [1.54, 1.807) is 66.8 Å². The van der Waals surface area contributed by atoms with Crippen LogP contribution in [0.15, 0.2) is 42.7 Å². The number of ketones is 1. The van der Waals surface area contributed by atoms with Gasteiger partial charge in [0.15, 0.2) is 17.4 Å². The van der Waals surface area contributed by atoms with Crippen molar-refractivity contribution in [2.45, 2.75) is 33.2 Å². The maximum Gasteiger partial charge on any atom is 0.259 e. The maximum atomic E-state index is 13.1. The monoisotopic (exact) mass is 507 g/mol. The van der Waals surface area contributed by atoms with Gasteiger partial charge < -0.3 is 14.8 Å². The van der Waals surface area contributed by atoms with Gasteiger partial charge in [-0.05, 0) is 43.7 Å². The Balaban J connectivity index is 1.57. The molecule has 0 saturated carbocycles. The summed E-state index contributed by atoms with van der Waals surface area (Å²) in [5, 5.41) is 16.4. The van der Waals surface area contributed by atoms with Crippen LogP contribution in [0.25, 0.3) is 16.7 Å². The Morgan fingerprint density at radius 3 is 2.53 bits per heavy atom. The van der Waals surface area contributed by atoms with E-state index in [4.69, 9.17) is 11.6 Å². The lowest BCUT2D eigenvalue weighted by Crippen LogP contribution is -2.26. The first-order chi connectivity index (χ1) is 17.2. The average molecular weight is 508 g/mol. The minimum absolute atomic E-state index is 0.0321. The largest absolute Gasteiger partial charge is 0.347 e. The van der Waals surface area contributed by atoms with Gasteiger partial charge >= 0.3 is 0 Å². The zero-order chi connectivity index (χ0) is 26.0. The zero-order valence-electron chi connectivity index (χ0n) is 20.4. The van der Waals surface area contributed by atoms with E-state index in [-0.39, 0.29) is 24.1 Å². The third-order valence-electron chi connectivity index (χ3n) is 5.79. The number of anilines is 1. The summed E-state index contributed by atoms with van der Waals surface area (Å²) in [5.74, 6) is 0.172. The van der Waals surface area contributed by atoms with Gasteiger partial charge in [-0.3, -0.25) is 14.4 Å². The normalized spacial score (nSPS) is 11.0. The summed E-state index contributed by atoms with van der Waals surface area (Å²) in [7, 11) is 3.35. The van der Waals surface area contributed by atoms with Crippen molar-refractivity contribution in [3.05, 3.63) is 64.6 Å². The fraction of sp³-hybridized carbons (Fsp3) is 0.280. The number of aromatic nitrogens is 5. The summed E-state index contributed by atoms with van der Waals surface area (Å²) in [5.41, 5.74) is 2.30. The average Bonchev–Trinajstić information content (AvgIpc) is 3.40. The van der Waals surface area contributed by atoms with Crippen LogP contribution in [0.5, 0.6) is 0 Å². The molecule has 2 amide bonds. The van der Waals surface area contributed by atoms with E-state index < -0.39 is 5.91 Å². The molecule has 0 bridgehead atoms. The smallest absolute Gasteiger partial charge is 0.259 e. The molecular formula is C25H26ClN7O3. The summed E-state index contributed by atoms with van der Waals surface area (Å²) in [6, 6.07) is 8.45. The molecule has 0 aliphatic carbocycles. The van der Waals surface area contributed by atoms with Crippen molar-refractivity contribution in [1.29, 1.82) is 0 Å². The van der Waals surface area contributed by atoms with Gasteiger partial charge in [-0.1, -0.05) is 18.5 Å². The number of rotatable bonds is 8. The maximum absolute atomic E-state index is 13.1. The van der Waals surface area contributed by atoms with Crippen molar-refractivity contribution in [3.63, 3.8) is 0 Å². The molecular weight excluding hydrogens is 482 g/mol. The van der Waals surface area contributed by atoms with Crippen molar-refractivity contribution in [2.24, 2.45) is 0 Å². The van der Waals surface area contributed by atoms with E-state index >= 15 is 0 Å². The zero-order valence-corrected chi connectivity index (χ0v) is 21.2. The second-order valence-corrected chi connectivity index (χ2v) is 9.02. The Labute approximate surface area is 212 Å². The van der Waals surface area contributed by atoms with Gasteiger partial charge in [-0.25, -0.2) is 4.68 Å². The van der Waals surface area contributed by atoms with Gasteiger partial charge in [0.1, 0.15) is 6.54 Å². The molecule has 0 fully saturated rings. The van der Waals surface area contributed by atoms with Crippen LogP contribution < -0.4 is 5.32 Å². The molecule has 0 spiro atoms. The lowest BCUT2D eigenvalue weighted by molar-refractivity contribution is -0.129. The van der Waals surface area contributed by atoms with Gasteiger partial charge in [0.25, 0.3) is 5.91 Å². The highest BCUT2D eigenvalue weighted by molar-refractivity contribution is 6.31. The highest BCUT2D eigenvalue weighted by atomic mass is 35.5. The number of carbonyl (C=O) groups is 3. The minimum Gasteiger partial charge on any atom is -0.347 e. The number of hydrogen-bond donors (Lipinski definition) is 1. The number of nitrogens with one attached hydrogen (secondary N) is 1. The molecule has 0 unspecified atom stereocenters. The molecule has 0 atom stereocenters. The molecule has 186 valence electrons. The molecule has 1 aromatic carbocycles. The van der Waals surface area contributed by atoms with Gasteiger partial charge in [-0.2, -0.15) is 5.10 Å². The quantitative estimate of drug-likeness (QED) is 0.362. The number of likely N-dealkylation sites (N-methyl/N-ethyl adjacent to an activating group) is 1. The van der Waals surface area contributed by atoms with Crippen LogP contribution in [0.1, 0.15) is 46.2 Å². The van der Waals surface area contributed by atoms with Crippen LogP contribution in [-0.4, -0.2) is 61.1 Å². The van der Waals surface area contributed by atoms with E-state index in [9.17, 15) is 14.4 Å². The molecule has 0 aliphatic rings. The summed E-state index contributed by atoms with van der Waals surface area (Å²) < 4.78 is 3.26. The van der Waals surface area contributed by atoms with Crippen LogP contribution >= 0.6 is 11.6 Å². The number of Topliss-reactive ketones (excluding diaryl/α,β-unsaturated/α-hetero) is 1. The number of nitrogens with zero attached hydrogens (tertiary/aromatic N) is 6. The molecule has 0 saturated heterocycles. The van der Waals surface area contributed by atoms with Crippen molar-refractivity contribution >= 4 is 45.9 Å². The molecule has 4 aromatic rings. The van der Waals surface area contributed by atoms with Crippen molar-refractivity contribution in [3.8, 4) is 5.82 Å². The lowest BCUT2D eigenvalue weighted by Gasteiger charge is -2.11. The van der Waals surface area contributed by atoms with Crippen LogP contribution in [0, 0.1) is 6.92 Å². The Morgan fingerprint density at radius 1 is 1.08 bits per heavy atom. The van der Waals surface area contributed by atoms with Gasteiger partial charge in [0.2, 0.25) is 5.91 Å². The van der Waals surface area contributed by atoms with E-state index in [2.05, 4.69) is 20.6 Å². The highest BCUT2D eigenvalue weighted by Crippen LogP contribution is 2.26. The van der Waals surface area contributed by atoms with E-state index in [1.165, 1.54) is 11.1 Å². The van der Waals surface area contributed by atoms with E-state index in [0.717, 1.165) is 6.42 Å².